The Morgan fingerprint density at radius 3 is 2.44 bits per heavy atom. The summed E-state index contributed by atoms with van der Waals surface area (Å²) in [6.07, 6.45) is -0.973. The van der Waals surface area contributed by atoms with Crippen LogP contribution < -0.4 is 5.32 Å². The third kappa shape index (κ3) is 5.61. The fourth-order valence-electron chi connectivity index (χ4n) is 2.14. The molecule has 2 rings (SSSR count). The average Bonchev–Trinajstić information content (AvgIpc) is 2.60. The van der Waals surface area contributed by atoms with Crippen LogP contribution in [0.25, 0.3) is 0 Å². The summed E-state index contributed by atoms with van der Waals surface area (Å²) in [6, 6.07) is 13.3. The smallest absolute Gasteiger partial charge is 0.408 e. The van der Waals surface area contributed by atoms with E-state index in [0.29, 0.717) is 5.56 Å². The van der Waals surface area contributed by atoms with Gasteiger partial charge in [0.1, 0.15) is 12.6 Å². The SMILES string of the molecule is O=C(N[C@H](Cc1cccc([N+](=O)[O-])c1)C(=O)O)OCc1ccccc1. The lowest BCUT2D eigenvalue weighted by atomic mass is 10.1. The molecule has 0 spiro atoms. The number of hydrogen-bond acceptors (Lipinski definition) is 5. The number of amides is 1. The maximum Gasteiger partial charge on any atom is 0.408 e. The van der Waals surface area contributed by atoms with Crippen LogP contribution in [0.15, 0.2) is 54.6 Å². The van der Waals surface area contributed by atoms with Gasteiger partial charge in [-0.15, -0.1) is 0 Å². The number of non-ortho nitro benzene ring substituents is 1. The molecule has 8 heteroatoms. The molecule has 0 aliphatic heterocycles. The van der Waals surface area contributed by atoms with Gasteiger partial charge in [0.2, 0.25) is 0 Å². The normalized spacial score (nSPS) is 11.4. The number of rotatable bonds is 7. The van der Waals surface area contributed by atoms with Crippen LogP contribution in [0.3, 0.4) is 0 Å². The summed E-state index contributed by atoms with van der Waals surface area (Å²) >= 11 is 0. The van der Waals surface area contributed by atoms with Crippen molar-refractivity contribution >= 4 is 17.7 Å². The molecule has 2 aromatic rings. The topological polar surface area (TPSA) is 119 Å². The maximum absolute atomic E-state index is 11.8. The first kappa shape index (κ1) is 17.9. The zero-order valence-corrected chi connectivity index (χ0v) is 13.1. The number of aliphatic carboxylic acids is 1. The van der Waals surface area contributed by atoms with Crippen molar-refractivity contribution in [2.45, 2.75) is 19.1 Å². The number of nitro benzene ring substituents is 1. The zero-order chi connectivity index (χ0) is 18.2. The number of carbonyl (C=O) groups is 2. The van der Waals surface area contributed by atoms with Crippen molar-refractivity contribution < 1.29 is 24.4 Å². The molecule has 0 saturated heterocycles. The number of hydrogen-bond donors (Lipinski definition) is 2. The monoisotopic (exact) mass is 344 g/mol. The first-order valence-electron chi connectivity index (χ1n) is 7.39. The molecule has 1 atom stereocenters. The van der Waals surface area contributed by atoms with Crippen LogP contribution in [0.5, 0.6) is 0 Å². The van der Waals surface area contributed by atoms with Gasteiger partial charge in [0, 0.05) is 18.6 Å². The van der Waals surface area contributed by atoms with Gasteiger partial charge < -0.3 is 15.2 Å². The van der Waals surface area contributed by atoms with E-state index in [1.807, 2.05) is 6.07 Å². The molecule has 1 amide bonds. The number of ether oxygens (including phenoxy) is 1. The van der Waals surface area contributed by atoms with Crippen molar-refractivity contribution in [2.24, 2.45) is 0 Å². The van der Waals surface area contributed by atoms with Crippen LogP contribution in [0.1, 0.15) is 11.1 Å². The van der Waals surface area contributed by atoms with E-state index in [2.05, 4.69) is 5.32 Å². The van der Waals surface area contributed by atoms with E-state index in [4.69, 9.17) is 4.74 Å². The van der Waals surface area contributed by atoms with Crippen molar-refractivity contribution in [1.29, 1.82) is 0 Å². The zero-order valence-electron chi connectivity index (χ0n) is 13.1. The van der Waals surface area contributed by atoms with Crippen LogP contribution >= 0.6 is 0 Å². The molecule has 0 fully saturated rings. The first-order valence-corrected chi connectivity index (χ1v) is 7.39. The van der Waals surface area contributed by atoms with E-state index in [0.717, 1.165) is 5.56 Å². The molecule has 0 heterocycles. The molecule has 2 aromatic carbocycles. The summed E-state index contributed by atoms with van der Waals surface area (Å²) in [5.41, 5.74) is 1.04. The number of nitrogens with zero attached hydrogens (tertiary/aromatic N) is 1. The number of carboxylic acids is 1. The van der Waals surface area contributed by atoms with Gasteiger partial charge >= 0.3 is 12.1 Å². The summed E-state index contributed by atoms with van der Waals surface area (Å²) in [4.78, 5) is 33.3. The van der Waals surface area contributed by atoms with Gasteiger partial charge in [0.15, 0.2) is 0 Å². The largest absolute Gasteiger partial charge is 0.480 e. The lowest BCUT2D eigenvalue weighted by Crippen LogP contribution is -2.42. The van der Waals surface area contributed by atoms with Crippen LogP contribution in [-0.2, 0) is 22.6 Å². The summed E-state index contributed by atoms with van der Waals surface area (Å²) in [5, 5.41) is 22.3. The predicted molar refractivity (Wildman–Crippen MR) is 88.0 cm³/mol. The van der Waals surface area contributed by atoms with E-state index in [1.54, 1.807) is 30.3 Å². The van der Waals surface area contributed by atoms with Gasteiger partial charge in [-0.2, -0.15) is 0 Å². The van der Waals surface area contributed by atoms with Crippen LogP contribution in [0.2, 0.25) is 0 Å². The van der Waals surface area contributed by atoms with Crippen molar-refractivity contribution in [3.05, 3.63) is 75.8 Å². The Kier molecular flexibility index (Phi) is 6.05. The van der Waals surface area contributed by atoms with E-state index >= 15 is 0 Å². The molecular weight excluding hydrogens is 328 g/mol. The molecule has 0 aliphatic rings. The fourth-order valence-corrected chi connectivity index (χ4v) is 2.14. The Hall–Kier alpha value is -3.42. The summed E-state index contributed by atoms with van der Waals surface area (Å²) in [7, 11) is 0. The van der Waals surface area contributed by atoms with Crippen molar-refractivity contribution in [2.75, 3.05) is 0 Å². The van der Waals surface area contributed by atoms with Gasteiger partial charge in [-0.05, 0) is 11.1 Å². The molecule has 0 bridgehead atoms. The van der Waals surface area contributed by atoms with Gasteiger partial charge in [0.05, 0.1) is 4.92 Å². The van der Waals surface area contributed by atoms with Crippen molar-refractivity contribution in [1.82, 2.24) is 5.32 Å². The molecule has 0 unspecified atom stereocenters. The fraction of sp³-hybridized carbons (Fsp3) is 0.176. The molecule has 130 valence electrons. The highest BCUT2D eigenvalue weighted by atomic mass is 16.6. The second-order valence-electron chi connectivity index (χ2n) is 5.23. The number of carboxylic acid groups (broad SMARTS) is 1. The third-order valence-corrected chi connectivity index (χ3v) is 3.36. The molecule has 0 saturated carbocycles. The Balaban J connectivity index is 1.96. The molecule has 0 aromatic heterocycles. The van der Waals surface area contributed by atoms with E-state index < -0.39 is 23.0 Å². The van der Waals surface area contributed by atoms with Gasteiger partial charge in [0.25, 0.3) is 5.69 Å². The van der Waals surface area contributed by atoms with Gasteiger partial charge in [-0.1, -0.05) is 42.5 Å². The molecule has 8 nitrogen and oxygen atoms in total. The molecule has 0 radical (unpaired) electrons. The van der Waals surface area contributed by atoms with Gasteiger partial charge in [-0.3, -0.25) is 10.1 Å². The minimum absolute atomic E-state index is 0.00974. The number of carbonyl (C=O) groups excluding carboxylic acids is 1. The lowest BCUT2D eigenvalue weighted by molar-refractivity contribution is -0.384. The van der Waals surface area contributed by atoms with E-state index in [-0.39, 0.29) is 18.7 Å². The molecule has 2 N–H and O–H groups in total. The average molecular weight is 344 g/mol. The van der Waals surface area contributed by atoms with Crippen molar-refractivity contribution in [3.63, 3.8) is 0 Å². The third-order valence-electron chi connectivity index (χ3n) is 3.36. The second kappa shape index (κ2) is 8.44. The Morgan fingerprint density at radius 1 is 1.12 bits per heavy atom. The second-order valence-corrected chi connectivity index (χ2v) is 5.23. The minimum atomic E-state index is -1.26. The summed E-state index contributed by atoms with van der Waals surface area (Å²) in [5.74, 6) is -1.26. The number of alkyl carbamates (subject to hydrolysis) is 1. The Bertz CT molecular complexity index is 763. The highest BCUT2D eigenvalue weighted by Gasteiger charge is 2.22. The number of benzene rings is 2. The highest BCUT2D eigenvalue weighted by molar-refractivity contribution is 5.80. The van der Waals surface area contributed by atoms with Crippen molar-refractivity contribution in [3.8, 4) is 0 Å². The minimum Gasteiger partial charge on any atom is -0.480 e. The van der Waals surface area contributed by atoms with Gasteiger partial charge in [-0.25, -0.2) is 9.59 Å². The van der Waals surface area contributed by atoms with E-state index in [1.165, 1.54) is 18.2 Å². The highest BCUT2D eigenvalue weighted by Crippen LogP contribution is 2.14. The van der Waals surface area contributed by atoms with Crippen LogP contribution in [0.4, 0.5) is 10.5 Å². The number of nitro groups is 1. The summed E-state index contributed by atoms with van der Waals surface area (Å²) in [6.45, 7) is 0.00974. The van der Waals surface area contributed by atoms with Crippen LogP contribution in [0, 0.1) is 10.1 Å². The predicted octanol–water partition coefficient (Wildman–Crippen LogP) is 2.52. The quantitative estimate of drug-likeness (QED) is 0.588. The standard InChI is InChI=1S/C17H16N2O6/c20-16(21)15(10-13-7-4-8-14(9-13)19(23)24)18-17(22)25-11-12-5-2-1-3-6-12/h1-9,15H,10-11H2,(H,18,22)(H,20,21)/t15-/m1/s1. The first-order chi connectivity index (χ1) is 12.0. The Labute approximate surface area is 143 Å². The molecular formula is C17H16N2O6. The van der Waals surface area contributed by atoms with Crippen LogP contribution in [-0.4, -0.2) is 28.1 Å². The summed E-state index contributed by atoms with van der Waals surface area (Å²) < 4.78 is 4.99. The lowest BCUT2D eigenvalue weighted by Gasteiger charge is -2.14. The van der Waals surface area contributed by atoms with E-state index in [9.17, 15) is 24.8 Å². The Morgan fingerprint density at radius 2 is 1.80 bits per heavy atom. The molecule has 25 heavy (non-hydrogen) atoms. The maximum atomic E-state index is 11.8. The number of nitrogens with one attached hydrogen (secondary N) is 1. The molecule has 0 aliphatic carbocycles.